The Bertz CT molecular complexity index is 575. The minimum absolute atomic E-state index is 0.0238. The van der Waals surface area contributed by atoms with E-state index in [1.807, 2.05) is 43.3 Å². The van der Waals surface area contributed by atoms with Crippen molar-refractivity contribution in [3.63, 3.8) is 0 Å². The summed E-state index contributed by atoms with van der Waals surface area (Å²) in [5, 5.41) is 0. The number of ether oxygens (including phenoxy) is 1. The maximum Gasteiger partial charge on any atom is 0.131 e. The van der Waals surface area contributed by atoms with Crippen LogP contribution in [0.15, 0.2) is 60.9 Å². The van der Waals surface area contributed by atoms with E-state index in [9.17, 15) is 4.39 Å². The van der Waals surface area contributed by atoms with Crippen LogP contribution < -0.4 is 0 Å². The summed E-state index contributed by atoms with van der Waals surface area (Å²) in [6.45, 7) is 5.76. The number of halogens is 1. The molecule has 0 aliphatic carbocycles. The maximum atomic E-state index is 14.2. The van der Waals surface area contributed by atoms with Gasteiger partial charge < -0.3 is 4.74 Å². The van der Waals surface area contributed by atoms with Crippen molar-refractivity contribution in [2.45, 2.75) is 12.8 Å². The van der Waals surface area contributed by atoms with Crippen molar-refractivity contribution in [1.82, 2.24) is 0 Å². The highest BCUT2D eigenvalue weighted by atomic mass is 19.1. The van der Waals surface area contributed by atoms with Crippen LogP contribution in [0.4, 0.5) is 4.39 Å². The van der Waals surface area contributed by atoms with Gasteiger partial charge in [-0.3, -0.25) is 0 Å². The fraction of sp³-hybridized carbons (Fsp3) is 0.176. The smallest absolute Gasteiger partial charge is 0.131 e. The van der Waals surface area contributed by atoms with Gasteiger partial charge in [-0.1, -0.05) is 56.0 Å². The summed E-state index contributed by atoms with van der Waals surface area (Å²) in [5.74, 6) is 0.385. The van der Waals surface area contributed by atoms with Crippen LogP contribution in [0.3, 0.4) is 0 Å². The molecule has 0 radical (unpaired) electrons. The number of rotatable bonds is 4. The summed E-state index contributed by atoms with van der Waals surface area (Å²) in [6, 6.07) is 14.8. The monoisotopic (exact) mass is 256 g/mol. The molecular weight excluding hydrogens is 239 g/mol. The fourth-order valence-corrected chi connectivity index (χ4v) is 2.02. The van der Waals surface area contributed by atoms with Gasteiger partial charge in [0.2, 0.25) is 0 Å². The number of benzene rings is 2. The Morgan fingerprint density at radius 3 is 2.42 bits per heavy atom. The number of hydrogen-bond donors (Lipinski definition) is 0. The molecule has 0 amide bonds. The van der Waals surface area contributed by atoms with E-state index >= 15 is 0 Å². The first-order chi connectivity index (χ1) is 9.13. The van der Waals surface area contributed by atoms with Crippen molar-refractivity contribution in [2.24, 2.45) is 0 Å². The number of allylic oxidation sites excluding steroid dienone is 1. The number of methoxy groups -OCH3 is 1. The van der Waals surface area contributed by atoms with Gasteiger partial charge in [0.15, 0.2) is 0 Å². The molecule has 0 aromatic heterocycles. The highest BCUT2D eigenvalue weighted by molar-refractivity contribution is 5.64. The lowest BCUT2D eigenvalue weighted by Gasteiger charge is -2.15. The molecular formula is C17H17FO. The average Bonchev–Trinajstić information content (AvgIpc) is 2.46. The van der Waals surface area contributed by atoms with Gasteiger partial charge in [-0.15, -0.1) is 0 Å². The molecule has 0 fully saturated rings. The van der Waals surface area contributed by atoms with Gasteiger partial charge in [-0.2, -0.15) is 0 Å². The van der Waals surface area contributed by atoms with Crippen LogP contribution in [0, 0.1) is 5.82 Å². The van der Waals surface area contributed by atoms with Crippen molar-refractivity contribution < 1.29 is 9.13 Å². The van der Waals surface area contributed by atoms with E-state index < -0.39 is 0 Å². The molecule has 19 heavy (non-hydrogen) atoms. The van der Waals surface area contributed by atoms with Crippen molar-refractivity contribution in [3.8, 4) is 11.1 Å². The van der Waals surface area contributed by atoms with E-state index in [1.54, 1.807) is 19.2 Å². The van der Waals surface area contributed by atoms with E-state index in [-0.39, 0.29) is 11.7 Å². The molecule has 0 saturated heterocycles. The molecule has 2 aromatic rings. The molecule has 2 rings (SSSR count). The molecule has 0 heterocycles. The SMILES string of the molecule is C=C(OC)C(C)c1ccc(-c2ccccc2)c(F)c1. The first-order valence-electron chi connectivity index (χ1n) is 6.21. The van der Waals surface area contributed by atoms with Gasteiger partial charge in [0.25, 0.3) is 0 Å². The summed E-state index contributed by atoms with van der Waals surface area (Å²) in [5.41, 5.74) is 2.35. The summed E-state index contributed by atoms with van der Waals surface area (Å²) < 4.78 is 19.3. The molecule has 0 aliphatic rings. The molecule has 1 nitrogen and oxygen atoms in total. The Balaban J connectivity index is 2.35. The zero-order valence-corrected chi connectivity index (χ0v) is 11.2. The summed E-state index contributed by atoms with van der Waals surface area (Å²) in [6.07, 6.45) is 0. The Hall–Kier alpha value is -2.09. The van der Waals surface area contributed by atoms with Gasteiger partial charge in [-0.25, -0.2) is 4.39 Å². The van der Waals surface area contributed by atoms with Gasteiger partial charge in [-0.05, 0) is 17.2 Å². The van der Waals surface area contributed by atoms with Gasteiger partial charge in [0.1, 0.15) is 5.82 Å². The third kappa shape index (κ3) is 2.84. The predicted molar refractivity (Wildman–Crippen MR) is 76.4 cm³/mol. The van der Waals surface area contributed by atoms with Crippen LogP contribution >= 0.6 is 0 Å². The minimum Gasteiger partial charge on any atom is -0.501 e. The third-order valence-corrected chi connectivity index (χ3v) is 3.32. The lowest BCUT2D eigenvalue weighted by molar-refractivity contribution is 0.270. The fourth-order valence-electron chi connectivity index (χ4n) is 2.02. The van der Waals surface area contributed by atoms with Crippen molar-refractivity contribution >= 4 is 0 Å². The zero-order chi connectivity index (χ0) is 13.8. The first-order valence-corrected chi connectivity index (χ1v) is 6.21. The summed E-state index contributed by atoms with van der Waals surface area (Å²) in [4.78, 5) is 0. The standard InChI is InChI=1S/C17H17FO/c1-12(13(2)19-3)15-9-10-16(17(18)11-15)14-7-5-4-6-8-14/h4-12H,2H2,1,3H3. The molecule has 0 spiro atoms. The highest BCUT2D eigenvalue weighted by Gasteiger charge is 2.13. The highest BCUT2D eigenvalue weighted by Crippen LogP contribution is 2.28. The van der Waals surface area contributed by atoms with E-state index in [1.165, 1.54) is 0 Å². The Morgan fingerprint density at radius 1 is 1.16 bits per heavy atom. The second kappa shape index (κ2) is 5.70. The topological polar surface area (TPSA) is 9.23 Å². The van der Waals surface area contributed by atoms with Crippen LogP contribution in [0.5, 0.6) is 0 Å². The van der Waals surface area contributed by atoms with E-state index in [0.717, 1.165) is 11.1 Å². The maximum absolute atomic E-state index is 14.2. The minimum atomic E-state index is -0.223. The zero-order valence-electron chi connectivity index (χ0n) is 11.2. The molecule has 0 N–H and O–H groups in total. The second-order valence-corrected chi connectivity index (χ2v) is 4.50. The van der Waals surface area contributed by atoms with Crippen LogP contribution in [-0.2, 0) is 4.74 Å². The van der Waals surface area contributed by atoms with E-state index in [2.05, 4.69) is 6.58 Å². The third-order valence-electron chi connectivity index (χ3n) is 3.32. The van der Waals surface area contributed by atoms with Crippen molar-refractivity contribution in [2.75, 3.05) is 7.11 Å². The number of hydrogen-bond acceptors (Lipinski definition) is 1. The van der Waals surface area contributed by atoms with Crippen molar-refractivity contribution in [1.29, 1.82) is 0 Å². The van der Waals surface area contributed by atoms with Crippen LogP contribution in [-0.4, -0.2) is 7.11 Å². The second-order valence-electron chi connectivity index (χ2n) is 4.50. The summed E-state index contributed by atoms with van der Waals surface area (Å²) in [7, 11) is 1.58. The molecule has 2 heteroatoms. The molecule has 1 unspecified atom stereocenters. The largest absolute Gasteiger partial charge is 0.501 e. The Kier molecular flexibility index (Phi) is 4.00. The molecule has 0 bridgehead atoms. The van der Waals surface area contributed by atoms with Gasteiger partial charge >= 0.3 is 0 Å². The van der Waals surface area contributed by atoms with Gasteiger partial charge in [0, 0.05) is 11.5 Å². The van der Waals surface area contributed by atoms with E-state index in [0.29, 0.717) is 11.3 Å². The Morgan fingerprint density at radius 2 is 1.84 bits per heavy atom. The molecule has 98 valence electrons. The van der Waals surface area contributed by atoms with E-state index in [4.69, 9.17) is 4.74 Å². The van der Waals surface area contributed by atoms with Crippen molar-refractivity contribution in [3.05, 3.63) is 72.2 Å². The average molecular weight is 256 g/mol. The molecule has 0 aliphatic heterocycles. The normalized spacial score (nSPS) is 11.9. The molecule has 1 atom stereocenters. The van der Waals surface area contributed by atoms with Crippen LogP contribution in [0.1, 0.15) is 18.4 Å². The van der Waals surface area contributed by atoms with Gasteiger partial charge in [0.05, 0.1) is 12.9 Å². The Labute approximate surface area is 113 Å². The lowest BCUT2D eigenvalue weighted by atomic mass is 9.96. The molecule has 2 aromatic carbocycles. The van der Waals surface area contributed by atoms with Crippen LogP contribution in [0.2, 0.25) is 0 Å². The lowest BCUT2D eigenvalue weighted by Crippen LogP contribution is -2.00. The predicted octanol–water partition coefficient (Wildman–Crippen LogP) is 4.76. The molecule has 0 saturated carbocycles. The first kappa shape index (κ1) is 13.3. The summed E-state index contributed by atoms with van der Waals surface area (Å²) >= 11 is 0. The quantitative estimate of drug-likeness (QED) is 0.717. The van der Waals surface area contributed by atoms with Crippen LogP contribution in [0.25, 0.3) is 11.1 Å².